The Kier molecular flexibility index (Phi) is 7.00. The third-order valence-electron chi connectivity index (χ3n) is 5.11. The van der Waals surface area contributed by atoms with Crippen molar-refractivity contribution in [1.29, 1.82) is 0 Å². The summed E-state index contributed by atoms with van der Waals surface area (Å²) < 4.78 is 5.68. The minimum Gasteiger partial charge on any atom is -0.445 e. The van der Waals surface area contributed by atoms with Crippen molar-refractivity contribution in [2.75, 3.05) is 0 Å². The molecule has 0 aromatic heterocycles. The lowest BCUT2D eigenvalue weighted by atomic mass is 9.92. The summed E-state index contributed by atoms with van der Waals surface area (Å²) in [5.41, 5.74) is 1.51. The van der Waals surface area contributed by atoms with E-state index in [1.54, 1.807) is 24.3 Å². The summed E-state index contributed by atoms with van der Waals surface area (Å²) in [6.45, 7) is 0. The molecule has 0 saturated heterocycles. The van der Waals surface area contributed by atoms with Crippen LogP contribution in [-0.4, -0.2) is 29.6 Å². The first kappa shape index (κ1) is 19.9. The first-order valence-corrected chi connectivity index (χ1v) is 9.60. The van der Waals surface area contributed by atoms with Gasteiger partial charge < -0.3 is 14.6 Å². The summed E-state index contributed by atoms with van der Waals surface area (Å²) in [4.78, 5) is 23.4. The molecular formula is C24H24O4. The molecule has 28 heavy (non-hydrogen) atoms. The van der Waals surface area contributed by atoms with Crippen LogP contribution in [0.1, 0.15) is 35.2 Å². The van der Waals surface area contributed by atoms with Crippen molar-refractivity contribution < 1.29 is 19.4 Å². The molecule has 3 rings (SSSR count). The lowest BCUT2D eigenvalue weighted by molar-refractivity contribution is -0.109. The molecule has 0 amide bonds. The van der Waals surface area contributed by atoms with Gasteiger partial charge in [0.15, 0.2) is 6.10 Å². The van der Waals surface area contributed by atoms with Gasteiger partial charge in [-0.3, -0.25) is 0 Å². The molecule has 0 heterocycles. The minimum absolute atomic E-state index is 0.0612. The van der Waals surface area contributed by atoms with Gasteiger partial charge in [0, 0.05) is 24.7 Å². The molecule has 0 bridgehead atoms. The van der Waals surface area contributed by atoms with Crippen molar-refractivity contribution in [2.45, 2.75) is 37.9 Å². The number of aliphatic hydroxyl groups excluding tert-OH is 1. The standard InChI is InChI=1S/C24H24O4/c25-16-15-22-19(12-14-23(22)26)11-13-21(17-18-7-3-1-4-8-18)28-24(27)20-9-5-2-6-10-20/h1-10,16,19,21-23,26H,12,14-15,17H2/t19-,21?,22+,23-/m0/s1. The molecule has 0 spiro atoms. The first-order chi connectivity index (χ1) is 13.7. The molecule has 1 unspecified atom stereocenters. The summed E-state index contributed by atoms with van der Waals surface area (Å²) in [5.74, 6) is 5.66. The van der Waals surface area contributed by atoms with Crippen LogP contribution in [0.25, 0.3) is 0 Å². The van der Waals surface area contributed by atoms with E-state index in [2.05, 4.69) is 11.8 Å². The number of aldehydes is 1. The van der Waals surface area contributed by atoms with Crippen LogP contribution in [0.3, 0.4) is 0 Å². The van der Waals surface area contributed by atoms with Gasteiger partial charge in [-0.1, -0.05) is 60.4 Å². The zero-order chi connectivity index (χ0) is 19.8. The number of benzene rings is 2. The minimum atomic E-state index is -0.593. The SMILES string of the molecule is O=CC[C@H]1[C@@H](O)CC[C@@H]1C#CC(Cc1ccccc1)OC(=O)c1ccccc1. The maximum atomic E-state index is 12.5. The van der Waals surface area contributed by atoms with E-state index in [1.807, 2.05) is 36.4 Å². The highest BCUT2D eigenvalue weighted by Crippen LogP contribution is 2.33. The number of hydrogen-bond acceptors (Lipinski definition) is 4. The fourth-order valence-corrected chi connectivity index (χ4v) is 3.58. The molecule has 0 radical (unpaired) electrons. The predicted molar refractivity (Wildman–Crippen MR) is 106 cm³/mol. The van der Waals surface area contributed by atoms with Crippen LogP contribution in [0.4, 0.5) is 0 Å². The van der Waals surface area contributed by atoms with Gasteiger partial charge in [-0.05, 0) is 30.5 Å². The van der Waals surface area contributed by atoms with Gasteiger partial charge in [-0.25, -0.2) is 4.79 Å². The second kappa shape index (κ2) is 9.87. The van der Waals surface area contributed by atoms with Crippen molar-refractivity contribution in [3.8, 4) is 11.8 Å². The molecule has 1 aliphatic carbocycles. The van der Waals surface area contributed by atoms with Gasteiger partial charge in [-0.2, -0.15) is 0 Å². The molecule has 0 aliphatic heterocycles. The monoisotopic (exact) mass is 376 g/mol. The Bertz CT molecular complexity index is 835. The van der Waals surface area contributed by atoms with Crippen LogP contribution in [-0.2, 0) is 16.0 Å². The summed E-state index contributed by atoms with van der Waals surface area (Å²) in [5, 5.41) is 10.1. The van der Waals surface area contributed by atoms with Crippen molar-refractivity contribution in [3.05, 3.63) is 71.8 Å². The quantitative estimate of drug-likeness (QED) is 0.477. The molecule has 4 heteroatoms. The largest absolute Gasteiger partial charge is 0.445 e. The third kappa shape index (κ3) is 5.31. The summed E-state index contributed by atoms with van der Waals surface area (Å²) >= 11 is 0. The number of carbonyl (C=O) groups is 2. The van der Waals surface area contributed by atoms with Crippen LogP contribution in [0, 0.1) is 23.7 Å². The Morgan fingerprint density at radius 3 is 2.46 bits per heavy atom. The topological polar surface area (TPSA) is 63.6 Å². The number of carbonyl (C=O) groups excluding carboxylic acids is 2. The van der Waals surface area contributed by atoms with Crippen LogP contribution in [0.5, 0.6) is 0 Å². The molecular weight excluding hydrogens is 352 g/mol. The summed E-state index contributed by atoms with van der Waals surface area (Å²) in [6, 6.07) is 18.6. The molecule has 1 saturated carbocycles. The van der Waals surface area contributed by atoms with E-state index in [1.165, 1.54) is 0 Å². The van der Waals surface area contributed by atoms with E-state index >= 15 is 0 Å². The van der Waals surface area contributed by atoms with E-state index in [0.717, 1.165) is 18.3 Å². The predicted octanol–water partition coefficient (Wildman–Crippen LogP) is 3.43. The Morgan fingerprint density at radius 1 is 1.11 bits per heavy atom. The Labute approximate surface area is 165 Å². The second-order valence-corrected chi connectivity index (χ2v) is 7.06. The van der Waals surface area contributed by atoms with Gasteiger partial charge >= 0.3 is 5.97 Å². The molecule has 1 N–H and O–H groups in total. The van der Waals surface area contributed by atoms with Crippen molar-refractivity contribution in [3.63, 3.8) is 0 Å². The van der Waals surface area contributed by atoms with Crippen LogP contribution >= 0.6 is 0 Å². The van der Waals surface area contributed by atoms with E-state index < -0.39 is 18.2 Å². The van der Waals surface area contributed by atoms with Crippen molar-refractivity contribution >= 4 is 12.3 Å². The lowest BCUT2D eigenvalue weighted by Gasteiger charge is -2.16. The fourth-order valence-electron chi connectivity index (χ4n) is 3.58. The molecule has 1 aliphatic rings. The van der Waals surface area contributed by atoms with E-state index in [9.17, 15) is 14.7 Å². The summed E-state index contributed by atoms with van der Waals surface area (Å²) in [6.07, 6.45) is 1.93. The average Bonchev–Trinajstić information content (AvgIpc) is 3.07. The highest BCUT2D eigenvalue weighted by Gasteiger charge is 2.33. The zero-order valence-corrected chi connectivity index (χ0v) is 15.7. The first-order valence-electron chi connectivity index (χ1n) is 9.60. The number of rotatable bonds is 6. The lowest BCUT2D eigenvalue weighted by Crippen LogP contribution is -2.21. The normalized spacial score (nSPS) is 22.0. The fraction of sp³-hybridized carbons (Fsp3) is 0.333. The third-order valence-corrected chi connectivity index (χ3v) is 5.11. The van der Waals surface area contributed by atoms with Crippen LogP contribution < -0.4 is 0 Å². The number of aliphatic hydroxyl groups is 1. The maximum Gasteiger partial charge on any atom is 0.339 e. The van der Waals surface area contributed by atoms with Gasteiger partial charge in [-0.15, -0.1) is 0 Å². The van der Waals surface area contributed by atoms with E-state index in [4.69, 9.17) is 4.74 Å². The Balaban J connectivity index is 1.76. The maximum absolute atomic E-state index is 12.5. The smallest absolute Gasteiger partial charge is 0.339 e. The van der Waals surface area contributed by atoms with Crippen LogP contribution in [0.2, 0.25) is 0 Å². The molecule has 144 valence electrons. The molecule has 4 nitrogen and oxygen atoms in total. The zero-order valence-electron chi connectivity index (χ0n) is 15.7. The highest BCUT2D eigenvalue weighted by atomic mass is 16.5. The molecule has 2 aromatic rings. The summed E-state index contributed by atoms with van der Waals surface area (Å²) in [7, 11) is 0. The average molecular weight is 376 g/mol. The van der Waals surface area contributed by atoms with Gasteiger partial charge in [0.25, 0.3) is 0 Å². The molecule has 1 fully saturated rings. The van der Waals surface area contributed by atoms with Crippen molar-refractivity contribution in [2.24, 2.45) is 11.8 Å². The highest BCUT2D eigenvalue weighted by molar-refractivity contribution is 5.89. The Hall–Kier alpha value is -2.90. The molecule has 4 atom stereocenters. The Morgan fingerprint density at radius 2 is 1.79 bits per heavy atom. The number of esters is 1. The van der Waals surface area contributed by atoms with Crippen molar-refractivity contribution in [1.82, 2.24) is 0 Å². The van der Waals surface area contributed by atoms with Crippen LogP contribution in [0.15, 0.2) is 60.7 Å². The van der Waals surface area contributed by atoms with E-state index in [0.29, 0.717) is 24.8 Å². The number of ether oxygens (including phenoxy) is 1. The van der Waals surface area contributed by atoms with Gasteiger partial charge in [0.2, 0.25) is 0 Å². The van der Waals surface area contributed by atoms with Gasteiger partial charge in [0.1, 0.15) is 6.29 Å². The second-order valence-electron chi connectivity index (χ2n) is 7.06. The molecule has 2 aromatic carbocycles. The van der Waals surface area contributed by atoms with E-state index in [-0.39, 0.29) is 11.8 Å². The number of hydrogen-bond donors (Lipinski definition) is 1. The van der Waals surface area contributed by atoms with Gasteiger partial charge in [0.05, 0.1) is 11.7 Å².